The number of sulfonamides is 1. The Morgan fingerprint density at radius 1 is 1.29 bits per heavy atom. The van der Waals surface area contributed by atoms with Crippen LogP contribution in [0.1, 0.15) is 31.4 Å². The first-order valence-electron chi connectivity index (χ1n) is 7.18. The Morgan fingerprint density at radius 3 is 2.52 bits per heavy atom. The Labute approximate surface area is 127 Å². The maximum Gasteiger partial charge on any atom is 0.240 e. The van der Waals surface area contributed by atoms with Gasteiger partial charge in [-0.15, -0.1) is 0 Å². The van der Waals surface area contributed by atoms with Gasteiger partial charge in [-0.1, -0.05) is 13.8 Å². The van der Waals surface area contributed by atoms with E-state index in [4.69, 9.17) is 10.5 Å². The molecule has 0 aliphatic rings. The predicted octanol–water partition coefficient (Wildman–Crippen LogP) is 2.23. The molecule has 6 heteroatoms. The normalized spacial score (nSPS) is 12.0. The number of nitrogen functional groups attached to an aromatic ring is 1. The van der Waals surface area contributed by atoms with Crippen LogP contribution in [0.25, 0.3) is 0 Å². The van der Waals surface area contributed by atoms with Crippen LogP contribution in [0, 0.1) is 19.8 Å². The van der Waals surface area contributed by atoms with Gasteiger partial charge in [-0.2, -0.15) is 0 Å². The first kappa shape index (κ1) is 17.9. The maximum atomic E-state index is 12.2. The largest absolute Gasteiger partial charge is 0.398 e. The van der Waals surface area contributed by atoms with Crippen molar-refractivity contribution in [1.82, 2.24) is 4.72 Å². The Morgan fingerprint density at radius 2 is 1.95 bits per heavy atom. The van der Waals surface area contributed by atoms with Crippen molar-refractivity contribution in [2.75, 3.05) is 25.5 Å². The van der Waals surface area contributed by atoms with Crippen molar-refractivity contribution in [2.45, 2.75) is 39.0 Å². The molecule has 0 saturated heterocycles. The number of aryl methyl sites for hydroxylation is 1. The molecule has 0 aliphatic carbocycles. The molecule has 0 aromatic heterocycles. The smallest absolute Gasteiger partial charge is 0.240 e. The summed E-state index contributed by atoms with van der Waals surface area (Å²) in [6.07, 6.45) is 0.645. The average molecular weight is 314 g/mol. The SMILES string of the molecule is Cc1cc(S(=O)(=O)NCCCOCC(C)C)cc(N)c1C. The van der Waals surface area contributed by atoms with Gasteiger partial charge in [0.1, 0.15) is 0 Å². The van der Waals surface area contributed by atoms with Crippen LogP contribution in [0.3, 0.4) is 0 Å². The molecule has 0 aliphatic heterocycles. The Balaban J connectivity index is 2.54. The fourth-order valence-electron chi connectivity index (χ4n) is 1.79. The second-order valence-corrected chi connectivity index (χ2v) is 7.44. The zero-order chi connectivity index (χ0) is 16.0. The molecule has 0 amide bonds. The molecule has 21 heavy (non-hydrogen) atoms. The number of benzene rings is 1. The lowest BCUT2D eigenvalue weighted by Gasteiger charge is -2.11. The summed E-state index contributed by atoms with van der Waals surface area (Å²) in [5, 5.41) is 0. The van der Waals surface area contributed by atoms with Gasteiger partial charge >= 0.3 is 0 Å². The van der Waals surface area contributed by atoms with Crippen LogP contribution in [-0.2, 0) is 14.8 Å². The summed E-state index contributed by atoms with van der Waals surface area (Å²) in [7, 11) is -3.51. The number of ether oxygens (including phenoxy) is 1. The van der Waals surface area contributed by atoms with E-state index in [1.807, 2.05) is 13.8 Å². The topological polar surface area (TPSA) is 81.4 Å². The lowest BCUT2D eigenvalue weighted by atomic mass is 10.1. The van der Waals surface area contributed by atoms with Crippen molar-refractivity contribution >= 4 is 15.7 Å². The molecule has 0 fully saturated rings. The zero-order valence-corrected chi connectivity index (χ0v) is 14.1. The number of hydrogen-bond donors (Lipinski definition) is 2. The molecular weight excluding hydrogens is 288 g/mol. The standard InChI is InChI=1S/C15H26N2O3S/c1-11(2)10-20-7-5-6-17-21(18,19)14-8-12(3)13(4)15(16)9-14/h8-9,11,17H,5-7,10,16H2,1-4H3. The highest BCUT2D eigenvalue weighted by atomic mass is 32.2. The monoisotopic (exact) mass is 314 g/mol. The van der Waals surface area contributed by atoms with Crippen molar-refractivity contribution in [3.05, 3.63) is 23.3 Å². The van der Waals surface area contributed by atoms with E-state index in [0.717, 1.165) is 11.1 Å². The predicted molar refractivity (Wildman–Crippen MR) is 85.8 cm³/mol. The van der Waals surface area contributed by atoms with Crippen LogP contribution >= 0.6 is 0 Å². The van der Waals surface area contributed by atoms with E-state index in [1.165, 1.54) is 6.07 Å². The maximum absolute atomic E-state index is 12.2. The van der Waals surface area contributed by atoms with Gasteiger partial charge in [0.05, 0.1) is 4.90 Å². The second-order valence-electron chi connectivity index (χ2n) is 5.67. The minimum Gasteiger partial charge on any atom is -0.398 e. The van der Waals surface area contributed by atoms with E-state index in [0.29, 0.717) is 37.8 Å². The van der Waals surface area contributed by atoms with Gasteiger partial charge in [0, 0.05) is 25.4 Å². The Hall–Kier alpha value is -1.11. The van der Waals surface area contributed by atoms with Gasteiger partial charge in [0.25, 0.3) is 0 Å². The fourth-order valence-corrected chi connectivity index (χ4v) is 2.98. The minimum absolute atomic E-state index is 0.214. The van der Waals surface area contributed by atoms with Gasteiger partial charge < -0.3 is 10.5 Å². The molecule has 1 aromatic rings. The molecular formula is C15H26N2O3S. The summed E-state index contributed by atoms with van der Waals surface area (Å²) in [6.45, 7) is 9.48. The average Bonchev–Trinajstić information content (AvgIpc) is 2.39. The van der Waals surface area contributed by atoms with E-state index in [-0.39, 0.29) is 4.90 Å². The molecule has 3 N–H and O–H groups in total. The third-order valence-corrected chi connectivity index (χ3v) is 4.64. The number of nitrogens with one attached hydrogen (secondary N) is 1. The van der Waals surface area contributed by atoms with Gasteiger partial charge in [0.2, 0.25) is 10.0 Å². The molecule has 0 heterocycles. The Kier molecular flexibility index (Phi) is 6.64. The van der Waals surface area contributed by atoms with Gasteiger partial charge in [-0.05, 0) is 49.4 Å². The molecule has 5 nitrogen and oxygen atoms in total. The zero-order valence-electron chi connectivity index (χ0n) is 13.3. The summed E-state index contributed by atoms with van der Waals surface area (Å²) < 4.78 is 32.4. The van der Waals surface area contributed by atoms with Gasteiger partial charge in [0.15, 0.2) is 0 Å². The third-order valence-electron chi connectivity index (χ3n) is 3.20. The first-order chi connectivity index (χ1) is 9.74. The van der Waals surface area contributed by atoms with Crippen LogP contribution in [-0.4, -0.2) is 28.2 Å². The Bertz CT molecular complexity index is 545. The van der Waals surface area contributed by atoms with Crippen LogP contribution in [0.5, 0.6) is 0 Å². The highest BCUT2D eigenvalue weighted by Gasteiger charge is 2.15. The van der Waals surface area contributed by atoms with E-state index in [2.05, 4.69) is 18.6 Å². The summed E-state index contributed by atoms with van der Waals surface area (Å²) in [5.74, 6) is 0.486. The van der Waals surface area contributed by atoms with Crippen LogP contribution in [0.4, 0.5) is 5.69 Å². The molecule has 1 aromatic carbocycles. The lowest BCUT2D eigenvalue weighted by Crippen LogP contribution is -2.26. The van der Waals surface area contributed by atoms with Crippen molar-refractivity contribution in [2.24, 2.45) is 5.92 Å². The third kappa shape index (κ3) is 5.65. The number of rotatable bonds is 8. The van der Waals surface area contributed by atoms with Crippen molar-refractivity contribution in [3.63, 3.8) is 0 Å². The van der Waals surface area contributed by atoms with E-state index in [9.17, 15) is 8.42 Å². The number of nitrogens with two attached hydrogens (primary N) is 1. The highest BCUT2D eigenvalue weighted by Crippen LogP contribution is 2.21. The van der Waals surface area contributed by atoms with E-state index in [1.54, 1.807) is 6.07 Å². The van der Waals surface area contributed by atoms with Crippen molar-refractivity contribution < 1.29 is 13.2 Å². The molecule has 0 spiro atoms. The molecule has 0 atom stereocenters. The van der Waals surface area contributed by atoms with Crippen molar-refractivity contribution in [1.29, 1.82) is 0 Å². The van der Waals surface area contributed by atoms with E-state index < -0.39 is 10.0 Å². The summed E-state index contributed by atoms with van der Waals surface area (Å²) in [5.41, 5.74) is 8.11. The number of anilines is 1. The fraction of sp³-hybridized carbons (Fsp3) is 0.600. The molecule has 0 saturated carbocycles. The number of hydrogen-bond acceptors (Lipinski definition) is 4. The van der Waals surface area contributed by atoms with Crippen LogP contribution < -0.4 is 10.5 Å². The lowest BCUT2D eigenvalue weighted by molar-refractivity contribution is 0.108. The molecule has 0 radical (unpaired) electrons. The molecule has 1 rings (SSSR count). The second kappa shape index (κ2) is 7.77. The molecule has 0 bridgehead atoms. The minimum atomic E-state index is -3.51. The van der Waals surface area contributed by atoms with Crippen molar-refractivity contribution in [3.8, 4) is 0 Å². The van der Waals surface area contributed by atoms with Crippen LogP contribution in [0.2, 0.25) is 0 Å². The van der Waals surface area contributed by atoms with Gasteiger partial charge in [-0.25, -0.2) is 13.1 Å². The molecule has 0 unspecified atom stereocenters. The van der Waals surface area contributed by atoms with E-state index >= 15 is 0 Å². The first-order valence-corrected chi connectivity index (χ1v) is 8.66. The van der Waals surface area contributed by atoms with Gasteiger partial charge in [-0.3, -0.25) is 0 Å². The van der Waals surface area contributed by atoms with Crippen LogP contribution in [0.15, 0.2) is 17.0 Å². The molecule has 120 valence electrons. The highest BCUT2D eigenvalue weighted by molar-refractivity contribution is 7.89. The summed E-state index contributed by atoms with van der Waals surface area (Å²) in [4.78, 5) is 0.214. The quantitative estimate of drug-likeness (QED) is 0.569. The summed E-state index contributed by atoms with van der Waals surface area (Å²) in [6, 6.07) is 3.14. The summed E-state index contributed by atoms with van der Waals surface area (Å²) >= 11 is 0.